The van der Waals surface area contributed by atoms with Gasteiger partial charge < -0.3 is 14.8 Å². The summed E-state index contributed by atoms with van der Waals surface area (Å²) in [5.41, 5.74) is 3.83. The Morgan fingerprint density at radius 2 is 2.07 bits per heavy atom. The quantitative estimate of drug-likeness (QED) is 0.698. The number of carbonyl (C=O) groups is 1. The molecule has 2 aliphatic rings. The van der Waals surface area contributed by atoms with E-state index < -0.39 is 0 Å². The maximum Gasteiger partial charge on any atom is 0.241 e. The SMILES string of the molecule is O=C(Nc1ccc(-c2ccn[nH]2)cc1)[C@H]1CCCN1Cc1cccc2c1OCO2. The largest absolute Gasteiger partial charge is 0.454 e. The number of aromatic amines is 1. The zero-order valence-electron chi connectivity index (χ0n) is 15.9. The number of benzene rings is 2. The average Bonchev–Trinajstić information content (AvgIpc) is 3.50. The fraction of sp³-hybridized carbons (Fsp3) is 0.273. The predicted molar refractivity (Wildman–Crippen MR) is 109 cm³/mol. The van der Waals surface area contributed by atoms with Crippen LogP contribution in [0.25, 0.3) is 11.3 Å². The lowest BCUT2D eigenvalue weighted by molar-refractivity contribution is -0.120. The van der Waals surface area contributed by atoms with Gasteiger partial charge in [-0.1, -0.05) is 24.3 Å². The third kappa shape index (κ3) is 3.56. The zero-order valence-corrected chi connectivity index (χ0v) is 15.9. The number of carbonyl (C=O) groups excluding carboxylic acids is 1. The Morgan fingerprint density at radius 3 is 2.90 bits per heavy atom. The monoisotopic (exact) mass is 390 g/mol. The number of para-hydroxylation sites is 1. The number of anilines is 1. The van der Waals surface area contributed by atoms with Gasteiger partial charge in [-0.3, -0.25) is 14.8 Å². The second kappa shape index (κ2) is 7.60. The van der Waals surface area contributed by atoms with Crippen molar-refractivity contribution in [3.05, 3.63) is 60.3 Å². The second-order valence-corrected chi connectivity index (χ2v) is 7.32. The number of amides is 1. The molecule has 148 valence electrons. The van der Waals surface area contributed by atoms with E-state index in [-0.39, 0.29) is 18.7 Å². The first-order valence-electron chi connectivity index (χ1n) is 9.80. The van der Waals surface area contributed by atoms with Crippen LogP contribution in [0.1, 0.15) is 18.4 Å². The van der Waals surface area contributed by atoms with Gasteiger partial charge in [0.25, 0.3) is 0 Å². The number of likely N-dealkylation sites (tertiary alicyclic amines) is 1. The minimum Gasteiger partial charge on any atom is -0.454 e. The lowest BCUT2D eigenvalue weighted by Crippen LogP contribution is -2.39. The Balaban J connectivity index is 1.26. The smallest absolute Gasteiger partial charge is 0.241 e. The summed E-state index contributed by atoms with van der Waals surface area (Å²) in [7, 11) is 0. The summed E-state index contributed by atoms with van der Waals surface area (Å²) >= 11 is 0. The van der Waals surface area contributed by atoms with Crippen molar-refractivity contribution in [3.8, 4) is 22.8 Å². The summed E-state index contributed by atoms with van der Waals surface area (Å²) in [5, 5.41) is 9.97. The minimum atomic E-state index is -0.152. The molecule has 0 saturated carbocycles. The number of ether oxygens (including phenoxy) is 2. The Bertz CT molecular complexity index is 1000. The molecule has 1 aromatic heterocycles. The molecule has 1 amide bonds. The van der Waals surface area contributed by atoms with E-state index in [2.05, 4.69) is 20.4 Å². The molecule has 1 fully saturated rings. The first kappa shape index (κ1) is 17.8. The number of aromatic nitrogens is 2. The molecule has 1 atom stereocenters. The molecule has 2 aliphatic heterocycles. The maximum atomic E-state index is 12.9. The fourth-order valence-corrected chi connectivity index (χ4v) is 4.02. The molecule has 0 aliphatic carbocycles. The first-order chi connectivity index (χ1) is 14.3. The summed E-state index contributed by atoms with van der Waals surface area (Å²) in [5.74, 6) is 1.61. The van der Waals surface area contributed by atoms with E-state index in [1.807, 2.05) is 48.5 Å². The van der Waals surface area contributed by atoms with Crippen LogP contribution >= 0.6 is 0 Å². The number of H-pyrrole nitrogens is 1. The molecule has 7 heteroatoms. The van der Waals surface area contributed by atoms with Crippen LogP contribution in [0, 0.1) is 0 Å². The van der Waals surface area contributed by atoms with Crippen LogP contribution in [-0.2, 0) is 11.3 Å². The molecule has 0 unspecified atom stereocenters. The molecule has 5 rings (SSSR count). The Morgan fingerprint density at radius 1 is 1.17 bits per heavy atom. The van der Waals surface area contributed by atoms with Crippen molar-refractivity contribution in [2.75, 3.05) is 18.7 Å². The standard InChI is InChI=1S/C22H22N4O3/c27-22(24-17-8-6-15(7-9-17)18-10-11-23-25-18)19-4-2-12-26(19)13-16-3-1-5-20-21(16)29-14-28-20/h1,3,5-11,19H,2,4,12-14H2,(H,23,25)(H,24,27)/t19-/m1/s1. The summed E-state index contributed by atoms with van der Waals surface area (Å²) in [6.07, 6.45) is 3.58. The van der Waals surface area contributed by atoms with Gasteiger partial charge in [-0.2, -0.15) is 5.10 Å². The molecule has 2 aromatic carbocycles. The van der Waals surface area contributed by atoms with Gasteiger partial charge in [0.2, 0.25) is 12.7 Å². The number of hydrogen-bond acceptors (Lipinski definition) is 5. The molecule has 0 radical (unpaired) electrons. The summed E-state index contributed by atoms with van der Waals surface area (Å²) in [6.45, 7) is 1.82. The molecule has 3 aromatic rings. The van der Waals surface area contributed by atoms with Crippen molar-refractivity contribution < 1.29 is 14.3 Å². The van der Waals surface area contributed by atoms with Crippen molar-refractivity contribution >= 4 is 11.6 Å². The van der Waals surface area contributed by atoms with E-state index in [1.165, 1.54) is 0 Å². The van der Waals surface area contributed by atoms with E-state index >= 15 is 0 Å². The Kier molecular flexibility index (Phi) is 4.65. The third-order valence-corrected chi connectivity index (χ3v) is 5.48. The number of nitrogens with zero attached hydrogens (tertiary/aromatic N) is 2. The van der Waals surface area contributed by atoms with E-state index in [0.717, 1.165) is 53.4 Å². The van der Waals surface area contributed by atoms with Crippen LogP contribution in [0.15, 0.2) is 54.7 Å². The molecule has 1 saturated heterocycles. The Hall–Kier alpha value is -3.32. The van der Waals surface area contributed by atoms with Crippen molar-refractivity contribution in [3.63, 3.8) is 0 Å². The molecular weight excluding hydrogens is 368 g/mol. The highest BCUT2D eigenvalue weighted by Crippen LogP contribution is 2.37. The van der Waals surface area contributed by atoms with Crippen molar-refractivity contribution in [1.29, 1.82) is 0 Å². The lowest BCUT2D eigenvalue weighted by Gasteiger charge is -2.24. The number of nitrogens with one attached hydrogen (secondary N) is 2. The third-order valence-electron chi connectivity index (χ3n) is 5.48. The highest BCUT2D eigenvalue weighted by atomic mass is 16.7. The molecule has 0 bridgehead atoms. The van der Waals surface area contributed by atoms with Crippen molar-refractivity contribution in [1.82, 2.24) is 15.1 Å². The molecule has 3 heterocycles. The maximum absolute atomic E-state index is 12.9. The van der Waals surface area contributed by atoms with Crippen LogP contribution < -0.4 is 14.8 Å². The molecule has 2 N–H and O–H groups in total. The molecule has 7 nitrogen and oxygen atoms in total. The molecular formula is C22H22N4O3. The molecule has 29 heavy (non-hydrogen) atoms. The van der Waals surface area contributed by atoms with Gasteiger partial charge >= 0.3 is 0 Å². The van der Waals surface area contributed by atoms with Gasteiger partial charge in [-0.25, -0.2) is 0 Å². The predicted octanol–water partition coefficient (Wildman–Crippen LogP) is 3.41. The number of rotatable bonds is 5. The topological polar surface area (TPSA) is 79.5 Å². The van der Waals surface area contributed by atoms with Gasteiger partial charge in [0, 0.05) is 24.0 Å². The minimum absolute atomic E-state index is 0.0292. The number of fused-ring (bicyclic) bond motifs is 1. The summed E-state index contributed by atoms with van der Waals surface area (Å²) in [4.78, 5) is 15.2. The van der Waals surface area contributed by atoms with Crippen LogP contribution in [-0.4, -0.2) is 40.4 Å². The van der Waals surface area contributed by atoms with E-state index in [9.17, 15) is 4.79 Å². The lowest BCUT2D eigenvalue weighted by atomic mass is 10.1. The number of hydrogen-bond donors (Lipinski definition) is 2. The summed E-state index contributed by atoms with van der Waals surface area (Å²) < 4.78 is 11.1. The van der Waals surface area contributed by atoms with Gasteiger partial charge in [-0.15, -0.1) is 0 Å². The second-order valence-electron chi connectivity index (χ2n) is 7.32. The average molecular weight is 390 g/mol. The normalized spacial score (nSPS) is 18.1. The first-order valence-corrected chi connectivity index (χ1v) is 9.80. The highest BCUT2D eigenvalue weighted by molar-refractivity contribution is 5.95. The van der Waals surface area contributed by atoms with E-state index in [4.69, 9.17) is 9.47 Å². The van der Waals surface area contributed by atoms with Gasteiger partial charge in [0.05, 0.1) is 11.7 Å². The van der Waals surface area contributed by atoms with Gasteiger partial charge in [0.15, 0.2) is 11.5 Å². The Labute approximate surface area is 168 Å². The van der Waals surface area contributed by atoms with E-state index in [0.29, 0.717) is 6.54 Å². The van der Waals surface area contributed by atoms with Gasteiger partial charge in [-0.05, 0) is 49.2 Å². The highest BCUT2D eigenvalue weighted by Gasteiger charge is 2.32. The zero-order chi connectivity index (χ0) is 19.6. The van der Waals surface area contributed by atoms with Crippen LogP contribution in [0.3, 0.4) is 0 Å². The van der Waals surface area contributed by atoms with E-state index in [1.54, 1.807) is 6.20 Å². The van der Waals surface area contributed by atoms with Crippen LogP contribution in [0.5, 0.6) is 11.5 Å². The van der Waals surface area contributed by atoms with Crippen molar-refractivity contribution in [2.45, 2.75) is 25.4 Å². The van der Waals surface area contributed by atoms with Crippen LogP contribution in [0.2, 0.25) is 0 Å². The fourth-order valence-electron chi connectivity index (χ4n) is 4.02. The summed E-state index contributed by atoms with van der Waals surface area (Å²) in [6, 6.07) is 15.5. The molecule has 0 spiro atoms. The van der Waals surface area contributed by atoms with Crippen LogP contribution in [0.4, 0.5) is 5.69 Å². The van der Waals surface area contributed by atoms with Gasteiger partial charge in [0.1, 0.15) is 0 Å². The van der Waals surface area contributed by atoms with Crippen molar-refractivity contribution in [2.24, 2.45) is 0 Å².